The van der Waals surface area contributed by atoms with Crippen molar-refractivity contribution in [1.29, 1.82) is 0 Å². The van der Waals surface area contributed by atoms with Gasteiger partial charge in [0.1, 0.15) is 0 Å². The molecule has 0 heterocycles. The summed E-state index contributed by atoms with van der Waals surface area (Å²) in [6.07, 6.45) is 0. The third-order valence-corrected chi connectivity index (χ3v) is 4.45. The Kier molecular flexibility index (Phi) is 5.29. The van der Waals surface area contributed by atoms with E-state index in [1.807, 2.05) is 67.3 Å². The Morgan fingerprint density at radius 2 is 1.16 bits per heavy atom. The van der Waals surface area contributed by atoms with Crippen molar-refractivity contribution in [1.82, 2.24) is 0 Å². The van der Waals surface area contributed by atoms with Gasteiger partial charge in [0, 0.05) is 6.66 Å². The zero-order valence-electron chi connectivity index (χ0n) is 10.9. The van der Waals surface area contributed by atoms with Crippen LogP contribution in [0.3, 0.4) is 0 Å². The van der Waals surface area contributed by atoms with Crippen molar-refractivity contribution in [3.8, 4) is 0 Å². The molecular formula is C15H17O2PS. The van der Waals surface area contributed by atoms with Gasteiger partial charge in [-0.1, -0.05) is 60.7 Å². The average molecular weight is 292 g/mol. The minimum Gasteiger partial charge on any atom is -0.325 e. The highest BCUT2D eigenvalue weighted by molar-refractivity contribution is 8.09. The largest absolute Gasteiger partial charge is 0.325 e. The predicted octanol–water partition coefficient (Wildman–Crippen LogP) is 4.36. The molecule has 0 radical (unpaired) electrons. The lowest BCUT2D eigenvalue weighted by atomic mass is 10.2. The quantitative estimate of drug-likeness (QED) is 0.737. The smallest absolute Gasteiger partial charge is 0.186 e. The van der Waals surface area contributed by atoms with Crippen molar-refractivity contribution in [3.63, 3.8) is 0 Å². The number of hydrogen-bond donors (Lipinski definition) is 0. The molecule has 0 N–H and O–H groups in total. The van der Waals surface area contributed by atoms with E-state index in [2.05, 4.69) is 0 Å². The van der Waals surface area contributed by atoms with Crippen LogP contribution < -0.4 is 0 Å². The molecule has 2 aromatic carbocycles. The summed E-state index contributed by atoms with van der Waals surface area (Å²) in [5, 5.41) is 0. The molecule has 0 spiro atoms. The Morgan fingerprint density at radius 3 is 1.53 bits per heavy atom. The van der Waals surface area contributed by atoms with E-state index in [-0.39, 0.29) is 0 Å². The number of rotatable bonds is 6. The van der Waals surface area contributed by atoms with Gasteiger partial charge in [-0.15, -0.1) is 0 Å². The second-order valence-electron chi connectivity index (χ2n) is 4.29. The van der Waals surface area contributed by atoms with E-state index in [4.69, 9.17) is 20.9 Å². The van der Waals surface area contributed by atoms with Crippen molar-refractivity contribution in [2.45, 2.75) is 13.2 Å². The van der Waals surface area contributed by atoms with Crippen molar-refractivity contribution in [2.75, 3.05) is 6.66 Å². The molecular weight excluding hydrogens is 275 g/mol. The van der Waals surface area contributed by atoms with E-state index in [0.717, 1.165) is 11.1 Å². The van der Waals surface area contributed by atoms with Gasteiger partial charge in [0.15, 0.2) is 6.49 Å². The van der Waals surface area contributed by atoms with Gasteiger partial charge in [0.2, 0.25) is 0 Å². The van der Waals surface area contributed by atoms with Crippen LogP contribution in [0.4, 0.5) is 0 Å². The molecule has 0 fully saturated rings. The lowest BCUT2D eigenvalue weighted by Crippen LogP contribution is -1.96. The summed E-state index contributed by atoms with van der Waals surface area (Å²) in [6.45, 7) is 0.686. The fourth-order valence-electron chi connectivity index (χ4n) is 1.57. The molecule has 4 heteroatoms. The van der Waals surface area contributed by atoms with Crippen LogP contribution in [-0.4, -0.2) is 6.66 Å². The Bertz CT molecular complexity index is 495. The molecule has 0 unspecified atom stereocenters. The first kappa shape index (κ1) is 14.4. The first-order chi connectivity index (χ1) is 9.16. The molecule has 0 aliphatic rings. The maximum Gasteiger partial charge on any atom is 0.186 e. The second-order valence-corrected chi connectivity index (χ2v) is 8.34. The molecule has 0 saturated carbocycles. The molecule has 100 valence electrons. The van der Waals surface area contributed by atoms with E-state index in [0.29, 0.717) is 13.2 Å². The van der Waals surface area contributed by atoms with Crippen LogP contribution >= 0.6 is 6.49 Å². The zero-order chi connectivity index (χ0) is 13.6. The summed E-state index contributed by atoms with van der Waals surface area (Å²) in [7, 11) is 0. The average Bonchev–Trinajstić information content (AvgIpc) is 2.46. The van der Waals surface area contributed by atoms with Gasteiger partial charge in [-0.25, -0.2) is 0 Å². The maximum atomic E-state index is 5.74. The van der Waals surface area contributed by atoms with Crippen LogP contribution in [-0.2, 0) is 34.1 Å². The fourth-order valence-corrected chi connectivity index (χ4v) is 2.73. The standard InChI is InChI=1S/C15H17O2PS/c1-18(19,16-12-14-8-4-2-5-9-14)17-13-15-10-6-3-7-11-15/h2-11H,12-13H2,1H3. The van der Waals surface area contributed by atoms with Crippen molar-refractivity contribution in [3.05, 3.63) is 71.8 Å². The van der Waals surface area contributed by atoms with Gasteiger partial charge in [0.25, 0.3) is 0 Å². The van der Waals surface area contributed by atoms with E-state index in [9.17, 15) is 0 Å². The van der Waals surface area contributed by atoms with E-state index in [1.165, 1.54) is 0 Å². The highest BCUT2D eigenvalue weighted by Gasteiger charge is 2.11. The molecule has 0 aromatic heterocycles. The minimum atomic E-state index is -2.19. The Hall–Kier alpha value is -0.990. The number of benzene rings is 2. The van der Waals surface area contributed by atoms with Crippen molar-refractivity contribution >= 4 is 18.3 Å². The fraction of sp³-hybridized carbons (Fsp3) is 0.200. The second kappa shape index (κ2) is 6.97. The molecule has 0 bridgehead atoms. The SMILES string of the molecule is CP(=S)(OCc1ccccc1)OCc1ccccc1. The van der Waals surface area contributed by atoms with Crippen molar-refractivity contribution < 1.29 is 9.05 Å². The summed E-state index contributed by atoms with van der Waals surface area (Å²) >= 11 is 5.41. The highest BCUT2D eigenvalue weighted by Crippen LogP contribution is 2.45. The summed E-state index contributed by atoms with van der Waals surface area (Å²) < 4.78 is 11.5. The molecule has 2 rings (SSSR count). The first-order valence-electron chi connectivity index (χ1n) is 6.10. The van der Waals surface area contributed by atoms with Crippen LogP contribution in [0.1, 0.15) is 11.1 Å². The molecule has 2 aromatic rings. The molecule has 0 aliphatic heterocycles. The minimum absolute atomic E-state index is 0.503. The van der Waals surface area contributed by atoms with Crippen LogP contribution in [0.15, 0.2) is 60.7 Å². The zero-order valence-corrected chi connectivity index (χ0v) is 12.6. The van der Waals surface area contributed by atoms with Gasteiger partial charge in [-0.05, 0) is 22.9 Å². The summed E-state index contributed by atoms with van der Waals surface area (Å²) in [6, 6.07) is 20.0. The first-order valence-corrected chi connectivity index (χ1v) is 9.19. The van der Waals surface area contributed by atoms with Crippen LogP contribution in [0.25, 0.3) is 0 Å². The highest BCUT2D eigenvalue weighted by atomic mass is 32.5. The third kappa shape index (κ3) is 5.25. The van der Waals surface area contributed by atoms with E-state index < -0.39 is 6.49 Å². The Morgan fingerprint density at radius 1 is 0.789 bits per heavy atom. The Labute approximate surface area is 119 Å². The van der Waals surface area contributed by atoms with E-state index in [1.54, 1.807) is 0 Å². The monoisotopic (exact) mass is 292 g/mol. The van der Waals surface area contributed by atoms with Gasteiger partial charge < -0.3 is 9.05 Å². The molecule has 0 amide bonds. The number of hydrogen-bond acceptors (Lipinski definition) is 3. The van der Waals surface area contributed by atoms with Gasteiger partial charge in [0.05, 0.1) is 13.2 Å². The van der Waals surface area contributed by atoms with Gasteiger partial charge in [-0.3, -0.25) is 0 Å². The predicted molar refractivity (Wildman–Crippen MR) is 82.7 cm³/mol. The normalized spacial score (nSPS) is 11.4. The third-order valence-electron chi connectivity index (χ3n) is 2.62. The van der Waals surface area contributed by atoms with Crippen molar-refractivity contribution in [2.24, 2.45) is 0 Å². The maximum absolute atomic E-state index is 5.74. The lowest BCUT2D eigenvalue weighted by molar-refractivity contribution is 0.237. The topological polar surface area (TPSA) is 18.5 Å². The molecule has 0 aliphatic carbocycles. The van der Waals surface area contributed by atoms with Crippen LogP contribution in [0.5, 0.6) is 0 Å². The van der Waals surface area contributed by atoms with Crippen LogP contribution in [0.2, 0.25) is 0 Å². The summed E-state index contributed by atoms with van der Waals surface area (Å²) in [4.78, 5) is 0. The summed E-state index contributed by atoms with van der Waals surface area (Å²) in [5.41, 5.74) is 2.23. The molecule has 0 atom stereocenters. The van der Waals surface area contributed by atoms with E-state index >= 15 is 0 Å². The Balaban J connectivity index is 1.84. The molecule has 2 nitrogen and oxygen atoms in total. The molecule has 0 saturated heterocycles. The van der Waals surface area contributed by atoms with Gasteiger partial charge >= 0.3 is 0 Å². The summed E-state index contributed by atoms with van der Waals surface area (Å²) in [5.74, 6) is 0. The lowest BCUT2D eigenvalue weighted by Gasteiger charge is -2.18. The van der Waals surface area contributed by atoms with Crippen LogP contribution in [0, 0.1) is 0 Å². The van der Waals surface area contributed by atoms with Gasteiger partial charge in [-0.2, -0.15) is 0 Å². The molecule has 19 heavy (non-hydrogen) atoms.